The van der Waals surface area contributed by atoms with Crippen molar-refractivity contribution in [3.05, 3.63) is 12.2 Å². The van der Waals surface area contributed by atoms with Gasteiger partial charge in [0.1, 0.15) is 5.78 Å². The Balaban J connectivity index is 1.97. The number of carbonyl (C=O) groups excluding carboxylic acids is 3. The van der Waals surface area contributed by atoms with Gasteiger partial charge in [-0.15, -0.1) is 0 Å². The van der Waals surface area contributed by atoms with Crippen LogP contribution < -0.4 is 5.73 Å². The lowest BCUT2D eigenvalue weighted by Gasteiger charge is -2.12. The zero-order valence-corrected chi connectivity index (χ0v) is 12.1. The molecule has 0 spiro atoms. The van der Waals surface area contributed by atoms with Gasteiger partial charge in [-0.1, -0.05) is 0 Å². The number of imide groups is 1. The number of carbonyl (C=O) groups is 3. The maximum absolute atomic E-state index is 11.6. The summed E-state index contributed by atoms with van der Waals surface area (Å²) in [7, 11) is 0. The second-order valence-corrected chi connectivity index (χ2v) is 4.57. The van der Waals surface area contributed by atoms with Gasteiger partial charge in [-0.2, -0.15) is 0 Å². The Morgan fingerprint density at radius 3 is 2.24 bits per heavy atom. The van der Waals surface area contributed by atoms with E-state index in [0.717, 1.165) is 4.90 Å². The number of rotatable bonds is 12. The standard InChI is InChI=1S/C14H22N2O5/c15-6-9-21-11-10-20-8-1-2-12(17)5-7-16-13(18)3-4-14(16)19/h3-4H,1-2,5-11,15H2. The first kappa shape index (κ1) is 17.5. The lowest BCUT2D eigenvalue weighted by Crippen LogP contribution is -2.32. The van der Waals surface area contributed by atoms with E-state index in [9.17, 15) is 14.4 Å². The number of nitrogens with zero attached hydrogens (tertiary/aromatic N) is 1. The van der Waals surface area contributed by atoms with Gasteiger partial charge < -0.3 is 15.2 Å². The number of amides is 2. The molecule has 7 heteroatoms. The fourth-order valence-electron chi connectivity index (χ4n) is 1.79. The first-order chi connectivity index (χ1) is 10.1. The van der Waals surface area contributed by atoms with Crippen molar-refractivity contribution in [1.82, 2.24) is 4.90 Å². The summed E-state index contributed by atoms with van der Waals surface area (Å²) in [6.07, 6.45) is 3.63. The molecular weight excluding hydrogens is 276 g/mol. The quantitative estimate of drug-likeness (QED) is 0.390. The van der Waals surface area contributed by atoms with Crippen LogP contribution in [0.2, 0.25) is 0 Å². The van der Waals surface area contributed by atoms with Gasteiger partial charge in [0.25, 0.3) is 11.8 Å². The molecule has 0 bridgehead atoms. The Morgan fingerprint density at radius 1 is 1.00 bits per heavy atom. The van der Waals surface area contributed by atoms with Gasteiger partial charge in [0.15, 0.2) is 0 Å². The van der Waals surface area contributed by atoms with Gasteiger partial charge in [-0.3, -0.25) is 19.3 Å². The summed E-state index contributed by atoms with van der Waals surface area (Å²) in [5, 5.41) is 0. The molecule has 0 aromatic heterocycles. The molecule has 2 N–H and O–H groups in total. The predicted molar refractivity (Wildman–Crippen MR) is 75.4 cm³/mol. The number of hydrogen-bond donors (Lipinski definition) is 1. The van der Waals surface area contributed by atoms with Crippen molar-refractivity contribution in [3.63, 3.8) is 0 Å². The van der Waals surface area contributed by atoms with Gasteiger partial charge >= 0.3 is 0 Å². The molecule has 0 unspecified atom stereocenters. The highest BCUT2D eigenvalue weighted by Gasteiger charge is 2.23. The molecule has 0 radical (unpaired) electrons. The van der Waals surface area contributed by atoms with E-state index in [1.165, 1.54) is 12.2 Å². The van der Waals surface area contributed by atoms with Gasteiger partial charge in [0.2, 0.25) is 0 Å². The SMILES string of the molecule is NCCOCCOCCCC(=O)CCN1C(=O)C=CC1=O. The van der Waals surface area contributed by atoms with Crippen molar-refractivity contribution in [2.24, 2.45) is 5.73 Å². The van der Waals surface area contributed by atoms with E-state index in [0.29, 0.717) is 45.8 Å². The molecule has 1 heterocycles. The van der Waals surface area contributed by atoms with Crippen LogP contribution in [-0.2, 0) is 23.9 Å². The summed E-state index contributed by atoms with van der Waals surface area (Å²) in [4.78, 5) is 35.2. The van der Waals surface area contributed by atoms with Crippen LogP contribution in [0.3, 0.4) is 0 Å². The highest BCUT2D eigenvalue weighted by molar-refractivity contribution is 6.13. The van der Waals surface area contributed by atoms with Crippen molar-refractivity contribution < 1.29 is 23.9 Å². The van der Waals surface area contributed by atoms with Gasteiger partial charge in [0.05, 0.1) is 19.8 Å². The number of Topliss-reactive ketones (excluding diaryl/α,β-unsaturated/α-hetero) is 1. The monoisotopic (exact) mass is 298 g/mol. The van der Waals surface area contributed by atoms with E-state index in [1.807, 2.05) is 0 Å². The Hall–Kier alpha value is -1.57. The number of ether oxygens (including phenoxy) is 2. The lowest BCUT2D eigenvalue weighted by molar-refractivity contribution is -0.137. The maximum atomic E-state index is 11.6. The maximum Gasteiger partial charge on any atom is 0.253 e. The summed E-state index contributed by atoms with van der Waals surface area (Å²) < 4.78 is 10.4. The minimum absolute atomic E-state index is 0.0190. The third-order valence-electron chi connectivity index (χ3n) is 2.89. The van der Waals surface area contributed by atoms with E-state index in [1.54, 1.807) is 0 Å². The Bertz CT molecular complexity index is 377. The summed E-state index contributed by atoms with van der Waals surface area (Å²) in [5.41, 5.74) is 5.26. The predicted octanol–water partition coefficient (Wildman–Crippen LogP) is -0.357. The molecule has 0 atom stereocenters. The Labute approximate surface area is 124 Å². The largest absolute Gasteiger partial charge is 0.379 e. The third-order valence-corrected chi connectivity index (χ3v) is 2.89. The van der Waals surface area contributed by atoms with Crippen molar-refractivity contribution >= 4 is 17.6 Å². The first-order valence-electron chi connectivity index (χ1n) is 7.06. The zero-order valence-electron chi connectivity index (χ0n) is 12.1. The molecule has 7 nitrogen and oxygen atoms in total. The van der Waals surface area contributed by atoms with Crippen LogP contribution in [0, 0.1) is 0 Å². The van der Waals surface area contributed by atoms with Crippen LogP contribution in [0.4, 0.5) is 0 Å². The minimum Gasteiger partial charge on any atom is -0.379 e. The van der Waals surface area contributed by atoms with E-state index < -0.39 is 0 Å². The molecule has 0 aromatic rings. The molecule has 1 aliphatic heterocycles. The summed E-state index contributed by atoms with van der Waals surface area (Å²) in [6, 6.07) is 0. The molecule has 1 rings (SSSR count). The van der Waals surface area contributed by atoms with Crippen LogP contribution in [0.15, 0.2) is 12.2 Å². The van der Waals surface area contributed by atoms with Crippen molar-refractivity contribution in [2.45, 2.75) is 19.3 Å². The number of nitrogens with two attached hydrogens (primary N) is 1. The van der Waals surface area contributed by atoms with Crippen LogP contribution in [0.25, 0.3) is 0 Å². The molecule has 2 amide bonds. The number of hydrogen-bond acceptors (Lipinski definition) is 6. The average molecular weight is 298 g/mol. The topological polar surface area (TPSA) is 98.9 Å². The molecule has 0 aromatic carbocycles. The lowest BCUT2D eigenvalue weighted by atomic mass is 10.1. The normalized spacial score (nSPS) is 14.2. The Morgan fingerprint density at radius 2 is 1.62 bits per heavy atom. The van der Waals surface area contributed by atoms with Crippen LogP contribution >= 0.6 is 0 Å². The summed E-state index contributed by atoms with van der Waals surface area (Å²) in [5.74, 6) is -0.687. The van der Waals surface area contributed by atoms with E-state index >= 15 is 0 Å². The molecule has 0 saturated heterocycles. The fraction of sp³-hybridized carbons (Fsp3) is 0.643. The Kier molecular flexibility index (Phi) is 8.49. The van der Waals surface area contributed by atoms with Crippen LogP contribution in [0.5, 0.6) is 0 Å². The van der Waals surface area contributed by atoms with Crippen LogP contribution in [0.1, 0.15) is 19.3 Å². The van der Waals surface area contributed by atoms with Crippen molar-refractivity contribution in [2.75, 3.05) is 39.5 Å². The molecule has 0 saturated carbocycles. The first-order valence-corrected chi connectivity index (χ1v) is 7.06. The molecule has 0 fully saturated rings. The zero-order chi connectivity index (χ0) is 15.5. The van der Waals surface area contributed by atoms with Gasteiger partial charge in [-0.25, -0.2) is 0 Å². The van der Waals surface area contributed by atoms with E-state index in [-0.39, 0.29) is 30.6 Å². The van der Waals surface area contributed by atoms with Crippen molar-refractivity contribution in [1.29, 1.82) is 0 Å². The van der Waals surface area contributed by atoms with Gasteiger partial charge in [0, 0.05) is 44.7 Å². The number of ketones is 1. The second kappa shape index (κ2) is 10.2. The highest BCUT2D eigenvalue weighted by atomic mass is 16.5. The molecular formula is C14H22N2O5. The average Bonchev–Trinajstić information content (AvgIpc) is 2.78. The fourth-order valence-corrected chi connectivity index (χ4v) is 1.79. The molecule has 0 aliphatic carbocycles. The summed E-state index contributed by atoms with van der Waals surface area (Å²) in [6.45, 7) is 2.63. The molecule has 118 valence electrons. The van der Waals surface area contributed by atoms with E-state index in [2.05, 4.69) is 0 Å². The molecule has 1 aliphatic rings. The second-order valence-electron chi connectivity index (χ2n) is 4.57. The van der Waals surface area contributed by atoms with Gasteiger partial charge in [-0.05, 0) is 6.42 Å². The molecule has 21 heavy (non-hydrogen) atoms. The van der Waals surface area contributed by atoms with Crippen molar-refractivity contribution in [3.8, 4) is 0 Å². The van der Waals surface area contributed by atoms with Crippen LogP contribution in [-0.4, -0.2) is 62.0 Å². The third kappa shape index (κ3) is 7.12. The highest BCUT2D eigenvalue weighted by Crippen LogP contribution is 2.06. The smallest absolute Gasteiger partial charge is 0.253 e. The summed E-state index contributed by atoms with van der Waals surface area (Å²) >= 11 is 0. The van der Waals surface area contributed by atoms with E-state index in [4.69, 9.17) is 15.2 Å². The minimum atomic E-state index is -0.353.